The molecular weight excluding hydrogens is 773 g/mol. The molecule has 2 heteroatoms. The number of fused-ring (bicyclic) bond motifs is 5. The Hall–Kier alpha value is -8.33. The molecule has 0 aliphatic rings. The Balaban J connectivity index is 1.13. The largest absolute Gasteiger partial charge is 0.292 e. The minimum Gasteiger partial charge on any atom is -0.292 e. The highest BCUT2D eigenvalue weighted by Crippen LogP contribution is 2.45. The summed E-state index contributed by atoms with van der Waals surface area (Å²) in [5.41, 5.74) is 12.0. The van der Waals surface area contributed by atoms with Gasteiger partial charge in [-0.3, -0.25) is 4.57 Å². The molecule has 0 amide bonds. The number of rotatable bonds is 7. The number of para-hydroxylation sites is 1. The number of benzene rings is 9. The predicted molar refractivity (Wildman–Crippen MR) is 275 cm³/mol. The maximum atomic E-state index is 5.30. The molecule has 0 bridgehead atoms. The number of aryl methyl sites for hydroxylation is 1. The van der Waals surface area contributed by atoms with Crippen molar-refractivity contribution in [1.82, 2.24) is 9.55 Å². The lowest BCUT2D eigenvalue weighted by atomic mass is 9.85. The summed E-state index contributed by atoms with van der Waals surface area (Å²) >= 11 is 0. The van der Waals surface area contributed by atoms with Crippen LogP contribution in [0.1, 0.15) is 17.0 Å². The molecule has 0 aliphatic heterocycles. The number of aromatic nitrogens is 2. The zero-order chi connectivity index (χ0) is 43.1. The van der Waals surface area contributed by atoms with Gasteiger partial charge in [0.2, 0.25) is 0 Å². The molecule has 1 heterocycles. The van der Waals surface area contributed by atoms with E-state index in [1.807, 2.05) is 18.2 Å². The van der Waals surface area contributed by atoms with Crippen LogP contribution < -0.4 is 0 Å². The molecule has 0 spiro atoms. The van der Waals surface area contributed by atoms with E-state index in [1.54, 1.807) is 0 Å². The second-order valence-electron chi connectivity index (χ2n) is 16.4. The standard InChI is InChI=1S/C62H44N2/c1-4-57-58(5-2)64(50-21-10-8-11-22-50)62(63-57)56-28-12-7-6-9-19-42-20-13-14-23-51(42)59(56)47-35-32-46-40-49(36-33-45(46)39-47)61-54-26-17-15-24-52(54)60(53-25-16-18-27-55(53)61)48-34-31-43-37-41(3)29-30-44(43)38-48/h4-40H,1-2H2,3H3. The minimum atomic E-state index is 0.779. The zero-order valence-corrected chi connectivity index (χ0v) is 35.7. The summed E-state index contributed by atoms with van der Waals surface area (Å²) in [5.74, 6) is 0.812. The summed E-state index contributed by atoms with van der Waals surface area (Å²) in [5, 5.41) is 12.1. The highest BCUT2D eigenvalue weighted by molar-refractivity contribution is 6.22. The Labute approximate surface area is 373 Å². The van der Waals surface area contributed by atoms with Gasteiger partial charge < -0.3 is 0 Å². The third-order valence-electron chi connectivity index (χ3n) is 12.6. The van der Waals surface area contributed by atoms with Crippen molar-refractivity contribution in [2.45, 2.75) is 6.92 Å². The Morgan fingerprint density at radius 3 is 1.38 bits per heavy atom. The zero-order valence-electron chi connectivity index (χ0n) is 35.7. The molecule has 0 radical (unpaired) electrons. The monoisotopic (exact) mass is 816 g/mol. The topological polar surface area (TPSA) is 17.8 Å². The fourth-order valence-electron chi connectivity index (χ4n) is 9.68. The van der Waals surface area contributed by atoms with Gasteiger partial charge in [-0.2, -0.15) is 0 Å². The third-order valence-corrected chi connectivity index (χ3v) is 12.6. The lowest BCUT2D eigenvalue weighted by Gasteiger charge is -2.18. The van der Waals surface area contributed by atoms with E-state index in [1.165, 1.54) is 65.5 Å². The Morgan fingerprint density at radius 1 is 0.391 bits per heavy atom. The molecule has 11 rings (SSSR count). The third kappa shape index (κ3) is 6.65. The van der Waals surface area contributed by atoms with Gasteiger partial charge in [0.05, 0.1) is 11.4 Å². The highest BCUT2D eigenvalue weighted by Gasteiger charge is 2.21. The minimum absolute atomic E-state index is 0.779. The van der Waals surface area contributed by atoms with E-state index in [4.69, 9.17) is 4.98 Å². The molecule has 0 unspecified atom stereocenters. The van der Waals surface area contributed by atoms with Crippen molar-refractivity contribution in [2.75, 3.05) is 0 Å². The molecule has 0 saturated heterocycles. The van der Waals surface area contributed by atoms with Crippen LogP contribution >= 0.6 is 0 Å². The first-order chi connectivity index (χ1) is 31.6. The van der Waals surface area contributed by atoms with Gasteiger partial charge in [0.25, 0.3) is 0 Å². The number of hydrogen-bond donors (Lipinski definition) is 0. The first kappa shape index (κ1) is 38.6. The van der Waals surface area contributed by atoms with Crippen LogP contribution in [0.3, 0.4) is 0 Å². The Morgan fingerprint density at radius 2 is 0.828 bits per heavy atom. The van der Waals surface area contributed by atoms with Crippen LogP contribution in [0.2, 0.25) is 0 Å². The van der Waals surface area contributed by atoms with Gasteiger partial charge in [0.1, 0.15) is 5.82 Å². The summed E-state index contributed by atoms with van der Waals surface area (Å²) in [6, 6.07) is 77.0. The van der Waals surface area contributed by atoms with E-state index < -0.39 is 0 Å². The van der Waals surface area contributed by atoms with E-state index in [0.717, 1.165) is 55.7 Å². The molecule has 0 N–H and O–H groups in total. The maximum absolute atomic E-state index is 5.30. The summed E-state index contributed by atoms with van der Waals surface area (Å²) < 4.78 is 2.20. The Bertz CT molecular complexity index is 3660. The smallest absolute Gasteiger partial charge is 0.146 e. The molecule has 0 fully saturated rings. The van der Waals surface area contributed by atoms with Crippen molar-refractivity contribution in [2.24, 2.45) is 0 Å². The molecule has 11 aromatic rings. The first-order valence-electron chi connectivity index (χ1n) is 21.9. The normalized spacial score (nSPS) is 11.3. The molecule has 0 saturated carbocycles. The molecule has 2 nitrogen and oxygen atoms in total. The average molecular weight is 817 g/mol. The quantitative estimate of drug-likeness (QED) is 0.147. The second-order valence-corrected chi connectivity index (χ2v) is 16.4. The predicted octanol–water partition coefficient (Wildman–Crippen LogP) is 17.0. The van der Waals surface area contributed by atoms with E-state index in [-0.39, 0.29) is 0 Å². The van der Waals surface area contributed by atoms with Crippen LogP contribution in [0.15, 0.2) is 225 Å². The first-order valence-corrected chi connectivity index (χ1v) is 21.9. The van der Waals surface area contributed by atoms with E-state index in [2.05, 4.69) is 231 Å². The van der Waals surface area contributed by atoms with E-state index in [0.29, 0.717) is 0 Å². The van der Waals surface area contributed by atoms with Gasteiger partial charge in [0, 0.05) is 16.8 Å². The van der Waals surface area contributed by atoms with Gasteiger partial charge in [-0.25, -0.2) is 4.98 Å². The van der Waals surface area contributed by atoms with Gasteiger partial charge in [-0.15, -0.1) is 0 Å². The average Bonchev–Trinajstić information content (AvgIpc) is 3.73. The fourth-order valence-corrected chi connectivity index (χ4v) is 9.68. The van der Waals surface area contributed by atoms with Gasteiger partial charge >= 0.3 is 0 Å². The van der Waals surface area contributed by atoms with Crippen LogP contribution in [-0.4, -0.2) is 9.55 Å². The second kappa shape index (κ2) is 16.2. The van der Waals surface area contributed by atoms with Crippen molar-refractivity contribution in [3.05, 3.63) is 242 Å². The molecular formula is C62H44N2. The molecule has 10 aromatic carbocycles. The van der Waals surface area contributed by atoms with Gasteiger partial charge in [-0.1, -0.05) is 201 Å². The highest BCUT2D eigenvalue weighted by atomic mass is 15.1. The van der Waals surface area contributed by atoms with Crippen molar-refractivity contribution in [3.63, 3.8) is 0 Å². The van der Waals surface area contributed by atoms with E-state index in [9.17, 15) is 0 Å². The van der Waals surface area contributed by atoms with Crippen LogP contribution in [0.4, 0.5) is 0 Å². The van der Waals surface area contributed by atoms with Crippen LogP contribution in [-0.2, 0) is 0 Å². The Kier molecular flexibility index (Phi) is 9.75. The van der Waals surface area contributed by atoms with E-state index >= 15 is 0 Å². The molecule has 0 atom stereocenters. The van der Waals surface area contributed by atoms with Crippen molar-refractivity contribution >= 4 is 66.0 Å². The lowest BCUT2D eigenvalue weighted by Crippen LogP contribution is -2.00. The summed E-state index contributed by atoms with van der Waals surface area (Å²) in [6.45, 7) is 10.5. The summed E-state index contributed by atoms with van der Waals surface area (Å²) in [4.78, 5) is 5.30. The van der Waals surface area contributed by atoms with Crippen molar-refractivity contribution in [3.8, 4) is 50.5 Å². The SMILES string of the molecule is C=Cc1nc(-c2ccccccc3ccccc3c2-c2ccc3cc(-c4c5ccccc5c(-c5ccc6cc(C)ccc6c5)c5ccccc45)ccc3c2)n(-c2ccccc2)c1C=C. The van der Waals surface area contributed by atoms with Crippen LogP contribution in [0.25, 0.3) is 116 Å². The van der Waals surface area contributed by atoms with Crippen molar-refractivity contribution < 1.29 is 0 Å². The number of nitrogens with zero attached hydrogens (tertiary/aromatic N) is 2. The number of hydrogen-bond acceptors (Lipinski definition) is 1. The fraction of sp³-hybridized carbons (Fsp3) is 0.0161. The summed E-state index contributed by atoms with van der Waals surface area (Å²) in [7, 11) is 0. The van der Waals surface area contributed by atoms with Crippen molar-refractivity contribution in [1.29, 1.82) is 0 Å². The molecule has 0 aliphatic carbocycles. The lowest BCUT2D eigenvalue weighted by molar-refractivity contribution is 1.05. The number of imidazole rings is 1. The van der Waals surface area contributed by atoms with Crippen LogP contribution in [0.5, 0.6) is 0 Å². The maximum Gasteiger partial charge on any atom is 0.146 e. The molecule has 1 aromatic heterocycles. The van der Waals surface area contributed by atoms with Crippen LogP contribution in [0, 0.1) is 6.92 Å². The molecule has 302 valence electrons. The van der Waals surface area contributed by atoms with Gasteiger partial charge in [0.15, 0.2) is 0 Å². The van der Waals surface area contributed by atoms with Gasteiger partial charge in [-0.05, 0) is 131 Å². The summed E-state index contributed by atoms with van der Waals surface area (Å²) in [6.07, 6.45) is 3.69. The molecule has 64 heavy (non-hydrogen) atoms.